The number of benzene rings is 3. The molecule has 188 valence electrons. The first kappa shape index (κ1) is 25.6. The summed E-state index contributed by atoms with van der Waals surface area (Å²) >= 11 is 3.40. The van der Waals surface area contributed by atoms with Crippen molar-refractivity contribution >= 4 is 51.5 Å². The molecule has 0 spiro atoms. The molecule has 0 unspecified atom stereocenters. The van der Waals surface area contributed by atoms with E-state index in [1.165, 1.54) is 37.5 Å². The van der Waals surface area contributed by atoms with Crippen molar-refractivity contribution in [3.63, 3.8) is 0 Å². The highest BCUT2D eigenvalue weighted by atomic mass is 79.9. The normalized spacial score (nSPS) is 14.5. The van der Waals surface area contributed by atoms with Gasteiger partial charge in [-0.1, -0.05) is 28.1 Å². The number of aromatic carboxylic acids is 1. The summed E-state index contributed by atoms with van der Waals surface area (Å²) in [6, 6.07) is 13.1. The predicted molar refractivity (Wildman–Crippen MR) is 134 cm³/mol. The zero-order valence-electron chi connectivity index (χ0n) is 19.2. The number of halogens is 2. The number of carboxylic acid groups (broad SMARTS) is 1. The highest BCUT2D eigenvalue weighted by Gasteiger charge is 2.37. The van der Waals surface area contributed by atoms with Crippen molar-refractivity contribution in [1.29, 1.82) is 0 Å². The molecule has 0 saturated carbocycles. The zero-order valence-corrected chi connectivity index (χ0v) is 20.7. The SMILES string of the molecule is COc1cc(/C=C2\C(=O)NC(=O)N(c3ccc(F)cc3)C2=O)c(Br)cc1OCc1ccc(C(=O)O)cc1. The number of rotatable bonds is 7. The summed E-state index contributed by atoms with van der Waals surface area (Å²) in [7, 11) is 1.42. The van der Waals surface area contributed by atoms with E-state index in [-0.39, 0.29) is 23.4 Å². The lowest BCUT2D eigenvalue weighted by Crippen LogP contribution is -2.54. The van der Waals surface area contributed by atoms with Crippen LogP contribution >= 0.6 is 15.9 Å². The predicted octanol–water partition coefficient (Wildman–Crippen LogP) is 4.54. The maximum atomic E-state index is 13.3. The number of amides is 4. The lowest BCUT2D eigenvalue weighted by Gasteiger charge is -2.26. The van der Waals surface area contributed by atoms with E-state index in [1.807, 2.05) is 0 Å². The molecular weight excluding hydrogens is 551 g/mol. The fraction of sp³-hybridized carbons (Fsp3) is 0.0769. The van der Waals surface area contributed by atoms with E-state index in [0.29, 0.717) is 21.5 Å². The number of carboxylic acids is 1. The molecule has 3 aromatic carbocycles. The molecule has 0 bridgehead atoms. The van der Waals surface area contributed by atoms with Crippen LogP contribution in [0.4, 0.5) is 14.9 Å². The molecule has 4 amide bonds. The van der Waals surface area contributed by atoms with Gasteiger partial charge in [-0.15, -0.1) is 0 Å². The van der Waals surface area contributed by atoms with E-state index in [1.54, 1.807) is 24.3 Å². The van der Waals surface area contributed by atoms with Crippen molar-refractivity contribution in [3.05, 3.63) is 93.2 Å². The second-order valence-electron chi connectivity index (χ2n) is 7.75. The molecule has 9 nitrogen and oxygen atoms in total. The number of ether oxygens (including phenoxy) is 2. The highest BCUT2D eigenvalue weighted by Crippen LogP contribution is 2.35. The summed E-state index contributed by atoms with van der Waals surface area (Å²) in [5, 5.41) is 11.1. The number of nitrogens with zero attached hydrogens (tertiary/aromatic N) is 1. The van der Waals surface area contributed by atoms with Crippen LogP contribution < -0.4 is 19.7 Å². The molecule has 11 heteroatoms. The van der Waals surface area contributed by atoms with Gasteiger partial charge in [0.15, 0.2) is 11.5 Å². The van der Waals surface area contributed by atoms with Gasteiger partial charge in [-0.25, -0.2) is 18.9 Å². The molecule has 4 rings (SSSR count). The number of carbonyl (C=O) groups is 4. The first-order valence-corrected chi connectivity index (χ1v) is 11.5. The lowest BCUT2D eigenvalue weighted by molar-refractivity contribution is -0.122. The van der Waals surface area contributed by atoms with Gasteiger partial charge in [-0.2, -0.15) is 0 Å². The third kappa shape index (κ3) is 5.51. The average molecular weight is 569 g/mol. The van der Waals surface area contributed by atoms with Crippen LogP contribution in [0.25, 0.3) is 6.08 Å². The van der Waals surface area contributed by atoms with Crippen LogP contribution in [0, 0.1) is 5.82 Å². The van der Waals surface area contributed by atoms with Gasteiger partial charge in [-0.05, 0) is 65.7 Å². The largest absolute Gasteiger partial charge is 0.493 e. The van der Waals surface area contributed by atoms with Crippen LogP contribution in [-0.2, 0) is 16.2 Å². The number of hydrogen-bond acceptors (Lipinski definition) is 6. The second-order valence-corrected chi connectivity index (χ2v) is 8.60. The summed E-state index contributed by atoms with van der Waals surface area (Å²) in [5.74, 6) is -2.69. The molecule has 0 aromatic heterocycles. The Bertz CT molecular complexity index is 1440. The minimum absolute atomic E-state index is 0.0964. The Morgan fingerprint density at radius 2 is 1.73 bits per heavy atom. The molecule has 1 aliphatic rings. The van der Waals surface area contributed by atoms with E-state index in [0.717, 1.165) is 22.6 Å². The molecule has 1 aliphatic heterocycles. The standard InChI is InChI=1S/C26H18BrFN2O7/c1-36-21-11-16(20(27)12-22(21)37-13-14-2-4-15(5-3-14)25(33)34)10-19-23(31)29-26(35)30(24(19)32)18-8-6-17(28)7-9-18/h2-12H,13H2,1H3,(H,33,34)(H,29,31,35)/b19-10+. The van der Waals surface area contributed by atoms with E-state index < -0.39 is 29.6 Å². The molecule has 0 atom stereocenters. The molecule has 3 aromatic rings. The Morgan fingerprint density at radius 3 is 2.35 bits per heavy atom. The second kappa shape index (κ2) is 10.6. The van der Waals surface area contributed by atoms with Gasteiger partial charge in [0.25, 0.3) is 11.8 Å². The van der Waals surface area contributed by atoms with Crippen molar-refractivity contribution in [2.75, 3.05) is 12.0 Å². The number of hydrogen-bond donors (Lipinski definition) is 2. The lowest BCUT2D eigenvalue weighted by atomic mass is 10.1. The summed E-state index contributed by atoms with van der Waals surface area (Å²) in [6.07, 6.45) is 1.29. The Kier molecular flexibility index (Phi) is 7.35. The quantitative estimate of drug-likeness (QED) is 0.317. The molecule has 0 aliphatic carbocycles. The number of anilines is 1. The number of carbonyl (C=O) groups excluding carboxylic acids is 3. The highest BCUT2D eigenvalue weighted by molar-refractivity contribution is 9.10. The number of barbiturate groups is 1. The molecule has 37 heavy (non-hydrogen) atoms. The van der Waals surface area contributed by atoms with Gasteiger partial charge in [0.1, 0.15) is 18.0 Å². The topological polar surface area (TPSA) is 122 Å². The Labute approximate surface area is 218 Å². The van der Waals surface area contributed by atoms with Gasteiger partial charge < -0.3 is 14.6 Å². The van der Waals surface area contributed by atoms with Crippen LogP contribution in [0.1, 0.15) is 21.5 Å². The Balaban J connectivity index is 1.60. The molecule has 2 N–H and O–H groups in total. The van der Waals surface area contributed by atoms with Crippen LogP contribution in [0.2, 0.25) is 0 Å². The molecule has 1 fully saturated rings. The molecule has 0 radical (unpaired) electrons. The first-order chi connectivity index (χ1) is 17.7. The van der Waals surface area contributed by atoms with Crippen molar-refractivity contribution in [2.45, 2.75) is 6.61 Å². The summed E-state index contributed by atoms with van der Waals surface area (Å²) < 4.78 is 25.0. The van der Waals surface area contributed by atoms with Crippen LogP contribution in [-0.4, -0.2) is 36.0 Å². The fourth-order valence-corrected chi connectivity index (χ4v) is 3.91. The van der Waals surface area contributed by atoms with Crippen molar-refractivity contribution in [3.8, 4) is 11.5 Å². The van der Waals surface area contributed by atoms with Crippen molar-refractivity contribution in [1.82, 2.24) is 5.32 Å². The van der Waals surface area contributed by atoms with Gasteiger partial charge in [-0.3, -0.25) is 14.9 Å². The minimum atomic E-state index is -1.03. The van der Waals surface area contributed by atoms with Gasteiger partial charge in [0, 0.05) is 4.47 Å². The van der Waals surface area contributed by atoms with Crippen molar-refractivity contribution < 1.29 is 38.1 Å². The molecule has 1 heterocycles. The van der Waals surface area contributed by atoms with E-state index >= 15 is 0 Å². The third-order valence-corrected chi connectivity index (χ3v) is 6.05. The average Bonchev–Trinajstić information content (AvgIpc) is 2.87. The van der Waals surface area contributed by atoms with Crippen LogP contribution in [0.3, 0.4) is 0 Å². The van der Waals surface area contributed by atoms with Crippen LogP contribution in [0.5, 0.6) is 11.5 Å². The number of nitrogens with one attached hydrogen (secondary N) is 1. The fourth-order valence-electron chi connectivity index (χ4n) is 3.48. The maximum absolute atomic E-state index is 13.3. The maximum Gasteiger partial charge on any atom is 0.335 e. The zero-order chi connectivity index (χ0) is 26.7. The van der Waals surface area contributed by atoms with Crippen LogP contribution in [0.15, 0.2) is 70.7 Å². The Hall–Kier alpha value is -4.51. The monoisotopic (exact) mass is 568 g/mol. The number of urea groups is 1. The number of imide groups is 2. The van der Waals surface area contributed by atoms with E-state index in [4.69, 9.17) is 14.6 Å². The van der Waals surface area contributed by atoms with Crippen molar-refractivity contribution in [2.24, 2.45) is 0 Å². The molecular formula is C26H18BrFN2O7. The summed E-state index contributed by atoms with van der Waals surface area (Å²) in [6.45, 7) is 0.124. The minimum Gasteiger partial charge on any atom is -0.493 e. The summed E-state index contributed by atoms with van der Waals surface area (Å²) in [5.41, 5.74) is 1.05. The first-order valence-electron chi connectivity index (χ1n) is 10.7. The summed E-state index contributed by atoms with van der Waals surface area (Å²) in [4.78, 5) is 49.6. The van der Waals surface area contributed by atoms with Gasteiger partial charge >= 0.3 is 12.0 Å². The molecule has 1 saturated heterocycles. The number of methoxy groups -OCH3 is 1. The van der Waals surface area contributed by atoms with Gasteiger partial charge in [0.05, 0.1) is 18.4 Å². The Morgan fingerprint density at radius 1 is 1.05 bits per heavy atom. The third-order valence-electron chi connectivity index (χ3n) is 5.36. The van der Waals surface area contributed by atoms with Gasteiger partial charge in [0.2, 0.25) is 0 Å². The smallest absolute Gasteiger partial charge is 0.335 e. The van der Waals surface area contributed by atoms with E-state index in [9.17, 15) is 23.6 Å². The van der Waals surface area contributed by atoms with E-state index in [2.05, 4.69) is 21.2 Å².